The molecular formula is C14H21N3O2. The lowest BCUT2D eigenvalue weighted by atomic mass is 9.93. The van der Waals surface area contributed by atoms with E-state index in [-0.39, 0.29) is 12.0 Å². The summed E-state index contributed by atoms with van der Waals surface area (Å²) >= 11 is 0. The van der Waals surface area contributed by atoms with E-state index in [2.05, 4.69) is 22.2 Å². The topological polar surface area (TPSA) is 75.1 Å². The Morgan fingerprint density at radius 3 is 2.79 bits per heavy atom. The lowest BCUT2D eigenvalue weighted by Gasteiger charge is -2.29. The summed E-state index contributed by atoms with van der Waals surface area (Å²) in [5.41, 5.74) is 0.674. The maximum absolute atomic E-state index is 11.0. The van der Waals surface area contributed by atoms with E-state index in [4.69, 9.17) is 5.11 Å². The van der Waals surface area contributed by atoms with Crippen LogP contribution in [0, 0.1) is 0 Å². The zero-order valence-electron chi connectivity index (χ0n) is 11.4. The molecule has 0 unspecified atom stereocenters. The zero-order chi connectivity index (χ0) is 13.7. The van der Waals surface area contributed by atoms with Crippen molar-refractivity contribution < 1.29 is 9.90 Å². The Morgan fingerprint density at radius 1 is 1.42 bits per heavy atom. The van der Waals surface area contributed by atoms with Gasteiger partial charge in [0.2, 0.25) is 0 Å². The molecule has 1 aliphatic rings. The molecule has 0 spiro atoms. The van der Waals surface area contributed by atoms with Crippen LogP contribution in [0.3, 0.4) is 0 Å². The van der Waals surface area contributed by atoms with Gasteiger partial charge in [0.1, 0.15) is 12.1 Å². The first-order chi connectivity index (χ1) is 9.13. The van der Waals surface area contributed by atoms with Crippen molar-refractivity contribution in [3.63, 3.8) is 0 Å². The average Bonchev–Trinajstić information content (AvgIpc) is 2.77. The highest BCUT2D eigenvalue weighted by Crippen LogP contribution is 2.35. The first-order valence-electron chi connectivity index (χ1n) is 6.94. The number of rotatable bonds is 6. The highest BCUT2D eigenvalue weighted by atomic mass is 16.4. The molecular weight excluding hydrogens is 242 g/mol. The Hall–Kier alpha value is -1.65. The van der Waals surface area contributed by atoms with Crippen LogP contribution in [-0.4, -0.2) is 26.6 Å². The van der Waals surface area contributed by atoms with Crippen LogP contribution in [0.5, 0.6) is 0 Å². The van der Waals surface area contributed by atoms with Gasteiger partial charge in [-0.1, -0.05) is 26.2 Å². The normalized spacial score (nSPS) is 17.3. The molecule has 0 atom stereocenters. The number of carboxylic acid groups (broad SMARTS) is 1. The average molecular weight is 263 g/mol. The second-order valence-corrected chi connectivity index (χ2v) is 5.33. The van der Waals surface area contributed by atoms with Crippen LogP contribution in [0.4, 0.5) is 5.82 Å². The van der Waals surface area contributed by atoms with Crippen LogP contribution in [0.15, 0.2) is 12.4 Å². The van der Waals surface area contributed by atoms with E-state index in [0.29, 0.717) is 0 Å². The molecule has 2 rings (SSSR count). The fourth-order valence-corrected chi connectivity index (χ4v) is 2.82. The molecule has 0 bridgehead atoms. The zero-order valence-corrected chi connectivity index (χ0v) is 11.4. The van der Waals surface area contributed by atoms with Gasteiger partial charge in [-0.25, -0.2) is 9.97 Å². The second-order valence-electron chi connectivity index (χ2n) is 5.33. The van der Waals surface area contributed by atoms with Crippen molar-refractivity contribution in [3.8, 4) is 0 Å². The molecule has 19 heavy (non-hydrogen) atoms. The summed E-state index contributed by atoms with van der Waals surface area (Å²) in [6, 6.07) is 1.94. The fourth-order valence-electron chi connectivity index (χ4n) is 2.82. The molecule has 0 amide bonds. The molecule has 1 saturated carbocycles. The first-order valence-corrected chi connectivity index (χ1v) is 6.94. The third-order valence-corrected chi connectivity index (χ3v) is 3.67. The van der Waals surface area contributed by atoms with Crippen LogP contribution in [0.25, 0.3) is 0 Å². The van der Waals surface area contributed by atoms with Gasteiger partial charge in [0, 0.05) is 17.3 Å². The minimum atomic E-state index is -0.753. The lowest BCUT2D eigenvalue weighted by Crippen LogP contribution is -2.37. The molecule has 1 aromatic heterocycles. The molecule has 0 saturated heterocycles. The predicted molar refractivity (Wildman–Crippen MR) is 73.1 cm³/mol. The summed E-state index contributed by atoms with van der Waals surface area (Å²) in [5.74, 6) is -0.00108. The van der Waals surface area contributed by atoms with Gasteiger partial charge in [-0.05, 0) is 19.3 Å². The standard InChI is InChI=1S/C14H21N3O2/c1-2-5-11-8-12(16-10-15-11)17-14(9-13(18)19)6-3-4-7-14/h8,10H,2-7,9H2,1H3,(H,18,19)(H,15,16,17). The number of carbonyl (C=O) groups is 1. The number of hydrogen-bond acceptors (Lipinski definition) is 4. The molecule has 1 heterocycles. The van der Waals surface area contributed by atoms with E-state index >= 15 is 0 Å². The summed E-state index contributed by atoms with van der Waals surface area (Å²) in [6.07, 6.45) is 7.61. The minimum absolute atomic E-state index is 0.153. The van der Waals surface area contributed by atoms with Crippen molar-refractivity contribution in [2.24, 2.45) is 0 Å². The van der Waals surface area contributed by atoms with E-state index in [1.165, 1.54) is 0 Å². The van der Waals surface area contributed by atoms with Gasteiger partial charge in [-0.3, -0.25) is 4.79 Å². The molecule has 104 valence electrons. The second kappa shape index (κ2) is 5.99. The Balaban J connectivity index is 2.12. The highest BCUT2D eigenvalue weighted by molar-refractivity contribution is 5.69. The largest absolute Gasteiger partial charge is 0.481 e. The third kappa shape index (κ3) is 3.66. The summed E-state index contributed by atoms with van der Waals surface area (Å²) in [5, 5.41) is 12.4. The maximum atomic E-state index is 11.0. The summed E-state index contributed by atoms with van der Waals surface area (Å²) < 4.78 is 0. The Morgan fingerprint density at radius 2 is 2.16 bits per heavy atom. The fraction of sp³-hybridized carbons (Fsp3) is 0.643. The number of aromatic nitrogens is 2. The molecule has 0 aliphatic heterocycles. The van der Waals surface area contributed by atoms with Gasteiger partial charge in [0.25, 0.3) is 0 Å². The van der Waals surface area contributed by atoms with Gasteiger partial charge in [0.15, 0.2) is 0 Å². The molecule has 1 aromatic rings. The molecule has 5 heteroatoms. The molecule has 0 aromatic carbocycles. The number of aryl methyl sites for hydroxylation is 1. The van der Waals surface area contributed by atoms with E-state index in [1.54, 1.807) is 6.33 Å². The lowest BCUT2D eigenvalue weighted by molar-refractivity contribution is -0.138. The van der Waals surface area contributed by atoms with Crippen molar-refractivity contribution in [1.29, 1.82) is 0 Å². The smallest absolute Gasteiger partial charge is 0.305 e. The molecule has 1 fully saturated rings. The monoisotopic (exact) mass is 263 g/mol. The number of anilines is 1. The Labute approximate surface area is 113 Å². The Kier molecular flexibility index (Phi) is 4.35. The predicted octanol–water partition coefficient (Wildman–Crippen LogP) is 2.63. The molecule has 5 nitrogen and oxygen atoms in total. The van der Waals surface area contributed by atoms with Crippen molar-refractivity contribution in [3.05, 3.63) is 18.1 Å². The van der Waals surface area contributed by atoms with Crippen molar-refractivity contribution in [2.45, 2.75) is 57.4 Å². The maximum Gasteiger partial charge on any atom is 0.305 e. The summed E-state index contributed by atoms with van der Waals surface area (Å²) in [6.45, 7) is 2.11. The van der Waals surface area contributed by atoms with E-state index in [0.717, 1.165) is 50.0 Å². The highest BCUT2D eigenvalue weighted by Gasteiger charge is 2.36. The van der Waals surface area contributed by atoms with Crippen LogP contribution >= 0.6 is 0 Å². The quantitative estimate of drug-likeness (QED) is 0.825. The molecule has 2 N–H and O–H groups in total. The van der Waals surface area contributed by atoms with Crippen LogP contribution in [-0.2, 0) is 11.2 Å². The number of hydrogen-bond donors (Lipinski definition) is 2. The van der Waals surface area contributed by atoms with E-state index in [9.17, 15) is 4.79 Å². The van der Waals surface area contributed by atoms with Gasteiger partial charge < -0.3 is 10.4 Å². The first kappa shape index (κ1) is 13.8. The number of nitrogens with zero attached hydrogens (tertiary/aromatic N) is 2. The molecule has 1 aliphatic carbocycles. The van der Waals surface area contributed by atoms with E-state index < -0.39 is 5.97 Å². The van der Waals surface area contributed by atoms with E-state index in [1.807, 2.05) is 6.07 Å². The van der Waals surface area contributed by atoms with Crippen LogP contribution in [0.2, 0.25) is 0 Å². The van der Waals surface area contributed by atoms with Crippen molar-refractivity contribution >= 4 is 11.8 Å². The van der Waals surface area contributed by atoms with Crippen molar-refractivity contribution in [1.82, 2.24) is 9.97 Å². The number of carboxylic acids is 1. The summed E-state index contributed by atoms with van der Waals surface area (Å²) in [7, 11) is 0. The van der Waals surface area contributed by atoms with Gasteiger partial charge in [0.05, 0.1) is 6.42 Å². The van der Waals surface area contributed by atoms with Crippen LogP contribution < -0.4 is 5.32 Å². The van der Waals surface area contributed by atoms with Crippen LogP contribution in [0.1, 0.15) is 51.1 Å². The van der Waals surface area contributed by atoms with Gasteiger partial charge in [-0.15, -0.1) is 0 Å². The number of nitrogens with one attached hydrogen (secondary N) is 1. The SMILES string of the molecule is CCCc1cc(NC2(CC(=O)O)CCCC2)ncn1. The van der Waals surface area contributed by atoms with Gasteiger partial charge >= 0.3 is 5.97 Å². The third-order valence-electron chi connectivity index (χ3n) is 3.67. The molecule has 0 radical (unpaired) electrons. The number of aliphatic carboxylic acids is 1. The van der Waals surface area contributed by atoms with Gasteiger partial charge in [-0.2, -0.15) is 0 Å². The minimum Gasteiger partial charge on any atom is -0.481 e. The van der Waals surface area contributed by atoms with Crippen molar-refractivity contribution in [2.75, 3.05) is 5.32 Å². The summed E-state index contributed by atoms with van der Waals surface area (Å²) in [4.78, 5) is 19.5. The Bertz CT molecular complexity index is 442.